The maximum Gasteiger partial charge on any atom is 0.416 e. The van der Waals surface area contributed by atoms with Crippen molar-refractivity contribution < 1.29 is 23.1 Å². The van der Waals surface area contributed by atoms with Crippen molar-refractivity contribution in [1.29, 1.82) is 0 Å². The van der Waals surface area contributed by atoms with Gasteiger partial charge in [0.05, 0.1) is 5.56 Å². The summed E-state index contributed by atoms with van der Waals surface area (Å²) < 4.78 is 37.8. The molecule has 6 heteroatoms. The lowest BCUT2D eigenvalue weighted by atomic mass is 9.95. The number of carbonyl (C=O) groups is 1. The summed E-state index contributed by atoms with van der Waals surface area (Å²) >= 11 is 0. The first-order valence-corrected chi connectivity index (χ1v) is 6.69. The Hall–Kier alpha value is -1.98. The van der Waals surface area contributed by atoms with E-state index >= 15 is 0 Å². The van der Waals surface area contributed by atoms with Gasteiger partial charge in [0.2, 0.25) is 0 Å². The van der Waals surface area contributed by atoms with Crippen molar-refractivity contribution in [2.75, 3.05) is 13.1 Å². The Kier molecular flexibility index (Phi) is 4.55. The number of rotatable bonds is 2. The van der Waals surface area contributed by atoms with E-state index in [9.17, 15) is 18.0 Å². The third-order valence-electron chi connectivity index (χ3n) is 3.58. The molecule has 0 bridgehead atoms. The van der Waals surface area contributed by atoms with Gasteiger partial charge < -0.3 is 10.0 Å². The van der Waals surface area contributed by atoms with Crippen molar-refractivity contribution >= 4 is 12.2 Å². The third-order valence-corrected chi connectivity index (χ3v) is 3.58. The molecule has 0 unspecified atom stereocenters. The van der Waals surface area contributed by atoms with Gasteiger partial charge in [0.15, 0.2) is 0 Å². The number of piperidine rings is 1. The van der Waals surface area contributed by atoms with Gasteiger partial charge in [-0.15, -0.1) is 0 Å². The molecule has 1 heterocycles. The first-order valence-electron chi connectivity index (χ1n) is 6.69. The molecule has 0 aliphatic carbocycles. The highest BCUT2D eigenvalue weighted by Crippen LogP contribution is 2.30. The Morgan fingerprint density at radius 3 is 2.52 bits per heavy atom. The van der Waals surface area contributed by atoms with Crippen LogP contribution >= 0.6 is 0 Å². The van der Waals surface area contributed by atoms with E-state index in [4.69, 9.17) is 5.11 Å². The lowest BCUT2D eigenvalue weighted by Crippen LogP contribution is -2.36. The van der Waals surface area contributed by atoms with Crippen molar-refractivity contribution in [3.05, 3.63) is 41.5 Å². The largest absolute Gasteiger partial charge is 0.465 e. The molecule has 0 saturated carbocycles. The van der Waals surface area contributed by atoms with E-state index in [1.165, 1.54) is 11.0 Å². The van der Waals surface area contributed by atoms with Crippen LogP contribution in [0.1, 0.15) is 24.0 Å². The summed E-state index contributed by atoms with van der Waals surface area (Å²) in [4.78, 5) is 12.1. The van der Waals surface area contributed by atoms with Crippen LogP contribution in [-0.4, -0.2) is 29.2 Å². The molecule has 1 amide bonds. The van der Waals surface area contributed by atoms with Crippen molar-refractivity contribution in [1.82, 2.24) is 4.90 Å². The normalized spacial score (nSPS) is 17.4. The molecule has 3 nitrogen and oxygen atoms in total. The maximum atomic E-state index is 12.6. The van der Waals surface area contributed by atoms with Crippen LogP contribution in [0, 0.1) is 5.92 Å². The molecular weight excluding hydrogens is 283 g/mol. The SMILES string of the molecule is O=C(O)N1CCC(/C=C/c2cccc(C(F)(F)F)c2)CC1. The van der Waals surface area contributed by atoms with Crippen LogP contribution in [0.2, 0.25) is 0 Å². The van der Waals surface area contributed by atoms with Gasteiger partial charge in [-0.05, 0) is 36.5 Å². The highest BCUT2D eigenvalue weighted by molar-refractivity contribution is 5.65. The summed E-state index contributed by atoms with van der Waals surface area (Å²) in [5, 5.41) is 8.84. The zero-order valence-electron chi connectivity index (χ0n) is 11.3. The Morgan fingerprint density at radius 1 is 1.29 bits per heavy atom. The lowest BCUT2D eigenvalue weighted by molar-refractivity contribution is -0.137. The number of allylic oxidation sites excluding steroid dienone is 1. The Labute approximate surface area is 120 Å². The summed E-state index contributed by atoms with van der Waals surface area (Å²) in [5.41, 5.74) is -0.157. The van der Waals surface area contributed by atoms with Crippen molar-refractivity contribution in [2.45, 2.75) is 19.0 Å². The van der Waals surface area contributed by atoms with Crippen molar-refractivity contribution in [3.8, 4) is 0 Å². The van der Waals surface area contributed by atoms with Crippen LogP contribution in [0.25, 0.3) is 6.08 Å². The quantitative estimate of drug-likeness (QED) is 0.892. The van der Waals surface area contributed by atoms with E-state index in [0.717, 1.165) is 12.1 Å². The Bertz CT molecular complexity index is 532. The van der Waals surface area contributed by atoms with E-state index in [0.29, 0.717) is 31.5 Å². The number of hydrogen-bond donors (Lipinski definition) is 1. The summed E-state index contributed by atoms with van der Waals surface area (Å²) in [6, 6.07) is 5.17. The van der Waals surface area contributed by atoms with Crippen molar-refractivity contribution in [2.24, 2.45) is 5.92 Å². The molecule has 1 N–H and O–H groups in total. The summed E-state index contributed by atoms with van der Waals surface area (Å²) in [7, 11) is 0. The number of likely N-dealkylation sites (tertiary alicyclic amines) is 1. The monoisotopic (exact) mass is 299 g/mol. The average Bonchev–Trinajstić information content (AvgIpc) is 2.45. The molecule has 1 saturated heterocycles. The van der Waals surface area contributed by atoms with Crippen LogP contribution < -0.4 is 0 Å². The van der Waals surface area contributed by atoms with Crippen LogP contribution in [0.4, 0.5) is 18.0 Å². The second-order valence-electron chi connectivity index (χ2n) is 5.09. The van der Waals surface area contributed by atoms with Gasteiger partial charge in [-0.2, -0.15) is 13.2 Å². The number of alkyl halides is 3. The van der Waals surface area contributed by atoms with Crippen molar-refractivity contribution in [3.63, 3.8) is 0 Å². The summed E-state index contributed by atoms with van der Waals surface area (Å²) in [6.45, 7) is 0.930. The minimum Gasteiger partial charge on any atom is -0.465 e. The molecule has 2 rings (SSSR count). The standard InChI is InChI=1S/C15H16F3NO2/c16-15(17,18)13-3-1-2-12(10-13)5-4-11-6-8-19(9-7-11)14(20)21/h1-5,10-11H,6-9H2,(H,20,21)/b5-4+. The number of halogens is 3. The predicted octanol–water partition coefficient (Wildman–Crippen LogP) is 4.11. The smallest absolute Gasteiger partial charge is 0.416 e. The minimum atomic E-state index is -4.34. The molecule has 0 aromatic heterocycles. The molecule has 0 spiro atoms. The molecule has 21 heavy (non-hydrogen) atoms. The third kappa shape index (κ3) is 4.24. The van der Waals surface area contributed by atoms with E-state index in [1.54, 1.807) is 12.1 Å². The molecule has 114 valence electrons. The predicted molar refractivity (Wildman–Crippen MR) is 72.8 cm³/mol. The number of benzene rings is 1. The average molecular weight is 299 g/mol. The first-order chi connectivity index (χ1) is 9.86. The molecule has 1 aromatic carbocycles. The Balaban J connectivity index is 1.98. The molecule has 0 radical (unpaired) electrons. The zero-order valence-corrected chi connectivity index (χ0v) is 11.3. The lowest BCUT2D eigenvalue weighted by Gasteiger charge is -2.28. The first kappa shape index (κ1) is 15.4. The fourth-order valence-electron chi connectivity index (χ4n) is 2.35. The van der Waals surface area contributed by atoms with E-state index < -0.39 is 17.8 Å². The molecule has 1 aliphatic heterocycles. The van der Waals surface area contributed by atoms with Gasteiger partial charge in [0, 0.05) is 13.1 Å². The molecule has 0 atom stereocenters. The Morgan fingerprint density at radius 2 is 1.95 bits per heavy atom. The van der Waals surface area contributed by atoms with E-state index in [-0.39, 0.29) is 5.92 Å². The van der Waals surface area contributed by atoms with Gasteiger partial charge in [0.1, 0.15) is 0 Å². The van der Waals surface area contributed by atoms with Crippen LogP contribution in [0.15, 0.2) is 30.3 Å². The fraction of sp³-hybridized carbons (Fsp3) is 0.400. The van der Waals surface area contributed by atoms with Gasteiger partial charge >= 0.3 is 12.3 Å². The van der Waals surface area contributed by atoms with E-state index in [2.05, 4.69) is 0 Å². The number of amides is 1. The van der Waals surface area contributed by atoms with Crippen LogP contribution in [0.3, 0.4) is 0 Å². The molecule has 1 aromatic rings. The van der Waals surface area contributed by atoms with Gasteiger partial charge in [-0.1, -0.05) is 24.3 Å². The fourth-order valence-corrected chi connectivity index (χ4v) is 2.35. The highest BCUT2D eigenvalue weighted by atomic mass is 19.4. The molecule has 1 fully saturated rings. The van der Waals surface area contributed by atoms with Crippen LogP contribution in [-0.2, 0) is 6.18 Å². The second kappa shape index (κ2) is 6.20. The highest BCUT2D eigenvalue weighted by Gasteiger charge is 2.30. The number of hydrogen-bond acceptors (Lipinski definition) is 1. The van der Waals surface area contributed by atoms with Gasteiger partial charge in [0.25, 0.3) is 0 Å². The van der Waals surface area contributed by atoms with Crippen LogP contribution in [0.5, 0.6) is 0 Å². The molecule has 1 aliphatic rings. The summed E-state index contributed by atoms with van der Waals surface area (Å²) in [5.74, 6) is 0.204. The topological polar surface area (TPSA) is 40.5 Å². The minimum absolute atomic E-state index is 0.204. The van der Waals surface area contributed by atoms with E-state index in [1.807, 2.05) is 6.08 Å². The molecular formula is C15H16F3NO2. The number of carboxylic acid groups (broad SMARTS) is 1. The zero-order chi connectivity index (χ0) is 15.5. The van der Waals surface area contributed by atoms with Gasteiger partial charge in [-0.25, -0.2) is 4.79 Å². The van der Waals surface area contributed by atoms with Gasteiger partial charge in [-0.3, -0.25) is 0 Å². The second-order valence-corrected chi connectivity index (χ2v) is 5.09. The number of nitrogens with zero attached hydrogens (tertiary/aromatic N) is 1. The summed E-state index contributed by atoms with van der Waals surface area (Å²) in [6.07, 6.45) is -0.319. The maximum absolute atomic E-state index is 12.6.